The van der Waals surface area contributed by atoms with Gasteiger partial charge in [-0.05, 0) is 31.7 Å². The van der Waals surface area contributed by atoms with Crippen LogP contribution in [0, 0.1) is 0 Å². The van der Waals surface area contributed by atoms with Gasteiger partial charge in [0.15, 0.2) is 0 Å². The number of aromatic nitrogens is 2. The van der Waals surface area contributed by atoms with Gasteiger partial charge in [0.05, 0.1) is 6.04 Å². The summed E-state index contributed by atoms with van der Waals surface area (Å²) < 4.78 is 5.46. The highest BCUT2D eigenvalue weighted by molar-refractivity contribution is 5.83. The van der Waals surface area contributed by atoms with Crippen LogP contribution in [0.25, 0.3) is 0 Å². The standard InChI is InChI=1S/C18H29N5O2/c24-18-17(2-1-7-23(18)16-4-12-25-13-5-16)22-10-8-21(9-11-22)14-15-3-6-19-20-15/h3,6,16-17H,1-2,4-5,7-14H2,(H,19,20). The van der Waals surface area contributed by atoms with Crippen molar-refractivity contribution in [2.24, 2.45) is 0 Å². The Bertz CT molecular complexity index is 550. The first-order chi connectivity index (χ1) is 12.3. The van der Waals surface area contributed by atoms with Gasteiger partial charge in [-0.15, -0.1) is 0 Å². The molecule has 3 aliphatic rings. The summed E-state index contributed by atoms with van der Waals surface area (Å²) in [6.07, 6.45) is 5.94. The highest BCUT2D eigenvalue weighted by Crippen LogP contribution is 2.24. The molecule has 3 fully saturated rings. The number of carbonyl (C=O) groups is 1. The summed E-state index contributed by atoms with van der Waals surface area (Å²) in [6, 6.07) is 2.51. The Balaban J connectivity index is 1.31. The second kappa shape index (κ2) is 7.85. The zero-order valence-electron chi connectivity index (χ0n) is 14.9. The van der Waals surface area contributed by atoms with Gasteiger partial charge in [-0.2, -0.15) is 5.10 Å². The SMILES string of the molecule is O=C1C(N2CCN(Cc3ccn[nH]3)CC2)CCCN1C1CCOCC1. The second-order valence-electron chi connectivity index (χ2n) is 7.43. The molecular weight excluding hydrogens is 318 g/mol. The highest BCUT2D eigenvalue weighted by Gasteiger charge is 2.37. The van der Waals surface area contributed by atoms with Crippen molar-refractivity contribution in [2.45, 2.75) is 44.3 Å². The molecule has 4 rings (SSSR count). The molecule has 1 N–H and O–H groups in total. The molecule has 0 saturated carbocycles. The second-order valence-corrected chi connectivity index (χ2v) is 7.43. The number of H-pyrrole nitrogens is 1. The van der Waals surface area contributed by atoms with Crippen molar-refractivity contribution in [3.63, 3.8) is 0 Å². The molecule has 138 valence electrons. The van der Waals surface area contributed by atoms with Crippen molar-refractivity contribution in [2.75, 3.05) is 45.9 Å². The summed E-state index contributed by atoms with van der Waals surface area (Å²) in [6.45, 7) is 7.43. The van der Waals surface area contributed by atoms with Gasteiger partial charge in [0.1, 0.15) is 0 Å². The van der Waals surface area contributed by atoms with E-state index in [0.717, 1.165) is 83.9 Å². The Labute approximate surface area is 149 Å². The third-order valence-corrected chi connectivity index (χ3v) is 5.88. The van der Waals surface area contributed by atoms with E-state index < -0.39 is 0 Å². The average Bonchev–Trinajstić information content (AvgIpc) is 3.17. The third kappa shape index (κ3) is 3.88. The number of nitrogens with zero attached hydrogens (tertiary/aromatic N) is 4. The number of rotatable bonds is 4. The van der Waals surface area contributed by atoms with Crippen LogP contribution in [0.5, 0.6) is 0 Å². The predicted octanol–water partition coefficient (Wildman–Crippen LogP) is 0.697. The number of amides is 1. The van der Waals surface area contributed by atoms with Crippen LogP contribution < -0.4 is 0 Å². The van der Waals surface area contributed by atoms with E-state index in [0.29, 0.717) is 11.9 Å². The Hall–Kier alpha value is -1.44. The number of aromatic amines is 1. The van der Waals surface area contributed by atoms with Gasteiger partial charge < -0.3 is 9.64 Å². The van der Waals surface area contributed by atoms with Crippen molar-refractivity contribution >= 4 is 5.91 Å². The molecule has 3 saturated heterocycles. The Morgan fingerprint density at radius 2 is 1.92 bits per heavy atom. The minimum absolute atomic E-state index is 0.0888. The Morgan fingerprint density at radius 1 is 1.12 bits per heavy atom. The molecule has 0 aromatic carbocycles. The molecule has 25 heavy (non-hydrogen) atoms. The molecule has 1 amide bonds. The minimum Gasteiger partial charge on any atom is -0.381 e. The van der Waals surface area contributed by atoms with Crippen LogP contribution in [0.4, 0.5) is 0 Å². The zero-order valence-corrected chi connectivity index (χ0v) is 14.9. The number of hydrogen-bond donors (Lipinski definition) is 1. The van der Waals surface area contributed by atoms with Crippen molar-refractivity contribution in [3.8, 4) is 0 Å². The number of likely N-dealkylation sites (tertiary alicyclic amines) is 1. The van der Waals surface area contributed by atoms with Gasteiger partial charge in [0, 0.05) is 70.4 Å². The summed E-state index contributed by atoms with van der Waals surface area (Å²) in [5.74, 6) is 0.361. The Kier molecular flexibility index (Phi) is 5.33. The molecule has 0 bridgehead atoms. The van der Waals surface area contributed by atoms with Crippen molar-refractivity contribution in [1.29, 1.82) is 0 Å². The number of hydrogen-bond acceptors (Lipinski definition) is 5. The molecule has 3 aliphatic heterocycles. The lowest BCUT2D eigenvalue weighted by molar-refractivity contribution is -0.145. The van der Waals surface area contributed by atoms with Crippen LogP contribution in [-0.2, 0) is 16.1 Å². The summed E-state index contributed by atoms with van der Waals surface area (Å²) >= 11 is 0. The topological polar surface area (TPSA) is 64.7 Å². The van der Waals surface area contributed by atoms with Gasteiger partial charge in [0.25, 0.3) is 0 Å². The minimum atomic E-state index is 0.0888. The molecule has 1 aromatic rings. The van der Waals surface area contributed by atoms with Gasteiger partial charge in [-0.25, -0.2) is 0 Å². The van der Waals surface area contributed by atoms with Crippen molar-refractivity contribution in [3.05, 3.63) is 18.0 Å². The Morgan fingerprint density at radius 3 is 2.64 bits per heavy atom. The van der Waals surface area contributed by atoms with Crippen molar-refractivity contribution < 1.29 is 9.53 Å². The van der Waals surface area contributed by atoms with Crippen LogP contribution in [0.15, 0.2) is 12.3 Å². The molecule has 0 spiro atoms. The number of nitrogens with one attached hydrogen (secondary N) is 1. The maximum atomic E-state index is 13.1. The first kappa shape index (κ1) is 17.0. The van der Waals surface area contributed by atoms with E-state index in [9.17, 15) is 4.79 Å². The molecule has 0 radical (unpaired) electrons. The quantitative estimate of drug-likeness (QED) is 0.868. The van der Waals surface area contributed by atoms with E-state index in [2.05, 4.69) is 24.9 Å². The fourth-order valence-electron chi connectivity index (χ4n) is 4.42. The number of piperidine rings is 1. The molecule has 7 heteroatoms. The number of ether oxygens (including phenoxy) is 1. The molecule has 0 aliphatic carbocycles. The number of carbonyl (C=O) groups excluding carboxylic acids is 1. The highest BCUT2D eigenvalue weighted by atomic mass is 16.5. The van der Waals surface area contributed by atoms with Gasteiger partial charge >= 0.3 is 0 Å². The van der Waals surface area contributed by atoms with E-state index in [1.807, 2.05) is 6.07 Å². The monoisotopic (exact) mass is 347 g/mol. The fourth-order valence-corrected chi connectivity index (χ4v) is 4.42. The number of piperazine rings is 1. The van der Waals surface area contributed by atoms with Crippen molar-refractivity contribution in [1.82, 2.24) is 24.9 Å². The van der Waals surface area contributed by atoms with Crippen LogP contribution >= 0.6 is 0 Å². The smallest absolute Gasteiger partial charge is 0.240 e. The van der Waals surface area contributed by atoms with Gasteiger partial charge in [-0.3, -0.25) is 19.7 Å². The van der Waals surface area contributed by atoms with Crippen LogP contribution in [0.2, 0.25) is 0 Å². The van der Waals surface area contributed by atoms with E-state index in [1.165, 1.54) is 0 Å². The van der Waals surface area contributed by atoms with E-state index in [4.69, 9.17) is 4.74 Å². The average molecular weight is 347 g/mol. The first-order valence-corrected chi connectivity index (χ1v) is 9.64. The summed E-state index contributed by atoms with van der Waals surface area (Å²) in [4.78, 5) is 20.1. The summed E-state index contributed by atoms with van der Waals surface area (Å²) in [5, 5.41) is 7.05. The fraction of sp³-hybridized carbons (Fsp3) is 0.778. The summed E-state index contributed by atoms with van der Waals surface area (Å²) in [7, 11) is 0. The molecule has 1 aromatic heterocycles. The predicted molar refractivity (Wildman–Crippen MR) is 94.0 cm³/mol. The molecule has 4 heterocycles. The first-order valence-electron chi connectivity index (χ1n) is 9.64. The van der Waals surface area contributed by atoms with Crippen LogP contribution in [0.3, 0.4) is 0 Å². The van der Waals surface area contributed by atoms with Gasteiger partial charge in [-0.1, -0.05) is 0 Å². The van der Waals surface area contributed by atoms with E-state index in [-0.39, 0.29) is 6.04 Å². The van der Waals surface area contributed by atoms with Gasteiger partial charge in [0.2, 0.25) is 5.91 Å². The largest absolute Gasteiger partial charge is 0.381 e. The third-order valence-electron chi connectivity index (χ3n) is 5.88. The molecule has 1 unspecified atom stereocenters. The van der Waals surface area contributed by atoms with E-state index in [1.54, 1.807) is 6.20 Å². The van der Waals surface area contributed by atoms with Crippen LogP contribution in [0.1, 0.15) is 31.4 Å². The maximum absolute atomic E-state index is 13.1. The molecule has 7 nitrogen and oxygen atoms in total. The normalized spacial score (nSPS) is 27.8. The van der Waals surface area contributed by atoms with E-state index >= 15 is 0 Å². The molecule has 1 atom stereocenters. The molecular formula is C18H29N5O2. The lowest BCUT2D eigenvalue weighted by Crippen LogP contribution is -2.59. The lowest BCUT2D eigenvalue weighted by atomic mass is 9.97. The maximum Gasteiger partial charge on any atom is 0.240 e. The zero-order chi connectivity index (χ0) is 17.1. The lowest BCUT2D eigenvalue weighted by Gasteiger charge is -2.45. The summed E-state index contributed by atoms with van der Waals surface area (Å²) in [5.41, 5.74) is 1.16. The van der Waals surface area contributed by atoms with Crippen LogP contribution in [-0.4, -0.2) is 88.8 Å².